The maximum Gasteiger partial charge on any atom is 0.131 e. The molecule has 3 unspecified atom stereocenters. The molecule has 34 heavy (non-hydrogen) atoms. The first-order valence-corrected chi connectivity index (χ1v) is 11.7. The summed E-state index contributed by atoms with van der Waals surface area (Å²) in [5.74, 6) is -1.10. The maximum atomic E-state index is 14.0. The molecule has 1 saturated heterocycles. The van der Waals surface area contributed by atoms with Gasteiger partial charge in [0.2, 0.25) is 0 Å². The molecule has 3 nitrogen and oxygen atoms in total. The molecule has 7 heteroatoms. The van der Waals surface area contributed by atoms with E-state index in [1.54, 1.807) is 0 Å². The molecule has 2 aromatic rings. The van der Waals surface area contributed by atoms with Gasteiger partial charge in [0.05, 0.1) is 12.7 Å². The van der Waals surface area contributed by atoms with Crippen molar-refractivity contribution in [3.63, 3.8) is 0 Å². The highest BCUT2D eigenvalue weighted by atomic mass is 35.5. The van der Waals surface area contributed by atoms with E-state index in [-0.39, 0.29) is 53.9 Å². The van der Waals surface area contributed by atoms with E-state index in [0.717, 1.165) is 25.9 Å². The number of ether oxygens (including phenoxy) is 1. The molecule has 1 N–H and O–H groups in total. The fourth-order valence-electron chi connectivity index (χ4n) is 6.17. The number of nitrogens with zero attached hydrogens (tertiary/aromatic N) is 1. The second kappa shape index (κ2) is 10.7. The van der Waals surface area contributed by atoms with Crippen molar-refractivity contribution in [3.8, 4) is 0 Å². The lowest BCUT2D eigenvalue weighted by atomic mass is 9.50. The Kier molecular flexibility index (Phi) is 9.07. The second-order valence-electron chi connectivity index (χ2n) is 10.4. The third-order valence-electron chi connectivity index (χ3n) is 8.40. The van der Waals surface area contributed by atoms with Gasteiger partial charge in [-0.05, 0) is 73.5 Å². The Balaban J connectivity index is 0.00000204. The van der Waals surface area contributed by atoms with Gasteiger partial charge in [-0.3, -0.25) is 4.90 Å². The van der Waals surface area contributed by atoms with Gasteiger partial charge in [0, 0.05) is 36.3 Å². The van der Waals surface area contributed by atoms with Crippen LogP contribution in [0.15, 0.2) is 30.3 Å². The van der Waals surface area contributed by atoms with E-state index in [9.17, 15) is 8.78 Å². The summed E-state index contributed by atoms with van der Waals surface area (Å²) in [6.45, 7) is 13.2. The number of anilines is 1. The van der Waals surface area contributed by atoms with Crippen molar-refractivity contribution in [2.24, 2.45) is 5.41 Å². The molecule has 190 valence electrons. The number of rotatable bonds is 6. The van der Waals surface area contributed by atoms with E-state index in [1.807, 2.05) is 14.0 Å². The van der Waals surface area contributed by atoms with Gasteiger partial charge in [-0.25, -0.2) is 8.78 Å². The number of hydrogen-bond acceptors (Lipinski definition) is 3. The van der Waals surface area contributed by atoms with Crippen LogP contribution in [0, 0.1) is 24.0 Å². The number of fused-ring (bicyclic) bond motifs is 4. The number of nitrogens with one attached hydrogen (secondary N) is 1. The second-order valence-corrected chi connectivity index (χ2v) is 10.4. The third kappa shape index (κ3) is 4.69. The van der Waals surface area contributed by atoms with Crippen LogP contribution >= 0.6 is 24.8 Å². The Morgan fingerprint density at radius 3 is 2.38 bits per heavy atom. The lowest BCUT2D eigenvalue weighted by Gasteiger charge is -2.61. The molecule has 0 aromatic heterocycles. The highest BCUT2D eigenvalue weighted by molar-refractivity contribution is 5.85. The van der Waals surface area contributed by atoms with Crippen molar-refractivity contribution < 1.29 is 13.5 Å². The fraction of sp³-hybridized carbons (Fsp3) is 0.556. The van der Waals surface area contributed by atoms with Crippen LogP contribution < -0.4 is 5.32 Å². The molecule has 1 fully saturated rings. The highest BCUT2D eigenvalue weighted by Crippen LogP contribution is 2.57. The zero-order valence-corrected chi connectivity index (χ0v) is 22.6. The van der Waals surface area contributed by atoms with Crippen LogP contribution in [0.2, 0.25) is 0 Å². The number of piperidine rings is 1. The molecule has 4 rings (SSSR count). The van der Waals surface area contributed by atoms with Crippen molar-refractivity contribution >= 4 is 30.5 Å². The van der Waals surface area contributed by atoms with Crippen molar-refractivity contribution in [1.82, 2.24) is 4.90 Å². The molecule has 2 aliphatic rings. The maximum absolute atomic E-state index is 14.0. The molecule has 0 spiro atoms. The van der Waals surface area contributed by atoms with Crippen LogP contribution in [0.5, 0.6) is 0 Å². The summed E-state index contributed by atoms with van der Waals surface area (Å²) in [5.41, 5.74) is 5.75. The molecule has 2 bridgehead atoms. The van der Waals surface area contributed by atoms with Crippen molar-refractivity contribution in [1.29, 1.82) is 0 Å². The SMILES string of the molecule is CNc1ccc(C)c2c1CC1N(CC(C)OCc3c(F)cccc3F)CCC2(C)C1(C)C.Cl.Cl. The Labute approximate surface area is 215 Å². The van der Waals surface area contributed by atoms with E-state index in [0.29, 0.717) is 6.04 Å². The molecule has 1 heterocycles. The normalized spacial score (nSPS) is 23.8. The average molecular weight is 516 g/mol. The van der Waals surface area contributed by atoms with Crippen LogP contribution in [-0.4, -0.2) is 37.2 Å². The van der Waals surface area contributed by atoms with E-state index in [2.05, 4.69) is 50.0 Å². The Morgan fingerprint density at radius 1 is 1.12 bits per heavy atom. The van der Waals surface area contributed by atoms with E-state index in [4.69, 9.17) is 4.74 Å². The summed E-state index contributed by atoms with van der Waals surface area (Å²) < 4.78 is 33.9. The summed E-state index contributed by atoms with van der Waals surface area (Å²) in [5, 5.41) is 3.41. The first-order valence-electron chi connectivity index (χ1n) is 11.7. The van der Waals surface area contributed by atoms with Gasteiger partial charge in [-0.2, -0.15) is 0 Å². The fourth-order valence-corrected chi connectivity index (χ4v) is 6.17. The van der Waals surface area contributed by atoms with Gasteiger partial charge < -0.3 is 10.1 Å². The molecule has 2 aromatic carbocycles. The van der Waals surface area contributed by atoms with Gasteiger partial charge in [0.25, 0.3) is 0 Å². The van der Waals surface area contributed by atoms with E-state index in [1.165, 1.54) is 40.6 Å². The average Bonchev–Trinajstić information content (AvgIpc) is 2.72. The van der Waals surface area contributed by atoms with Gasteiger partial charge >= 0.3 is 0 Å². The number of aryl methyl sites for hydroxylation is 1. The Morgan fingerprint density at radius 2 is 1.76 bits per heavy atom. The minimum absolute atomic E-state index is 0. The van der Waals surface area contributed by atoms with Crippen molar-refractivity contribution in [2.75, 3.05) is 25.5 Å². The summed E-state index contributed by atoms with van der Waals surface area (Å²) in [6.07, 6.45) is 1.94. The molecule has 3 atom stereocenters. The van der Waals surface area contributed by atoms with Gasteiger partial charge in [0.15, 0.2) is 0 Å². The van der Waals surface area contributed by atoms with E-state index >= 15 is 0 Å². The van der Waals surface area contributed by atoms with Crippen LogP contribution in [0.25, 0.3) is 0 Å². The zero-order chi connectivity index (χ0) is 23.3. The first kappa shape index (κ1) is 28.8. The molecule has 0 saturated carbocycles. The minimum Gasteiger partial charge on any atom is -0.388 e. The largest absolute Gasteiger partial charge is 0.388 e. The monoisotopic (exact) mass is 514 g/mol. The molecule has 0 radical (unpaired) electrons. The molecule has 1 aliphatic heterocycles. The Hall–Kier alpha value is -1.40. The molecule has 1 aliphatic carbocycles. The van der Waals surface area contributed by atoms with Gasteiger partial charge in [0.1, 0.15) is 11.6 Å². The predicted octanol–water partition coefficient (Wildman–Crippen LogP) is 6.68. The number of likely N-dealkylation sites (tertiary alicyclic amines) is 1. The lowest BCUT2D eigenvalue weighted by Crippen LogP contribution is -2.64. The number of halogens is 4. The quantitative estimate of drug-likeness (QED) is 0.465. The van der Waals surface area contributed by atoms with Gasteiger partial charge in [-0.15, -0.1) is 24.8 Å². The standard InChI is InChI=1S/C27H36F2N2O.2ClH/c1-17-10-11-23(30-6)19-14-24-26(3,4)27(5,25(17)19)12-13-31(24)15-18(2)32-16-20-21(28)8-7-9-22(20)29;;/h7-11,18,24,30H,12-16H2,1-6H3;2*1H. The number of hydrogen-bond donors (Lipinski definition) is 1. The van der Waals surface area contributed by atoms with Crippen LogP contribution in [0.4, 0.5) is 14.5 Å². The van der Waals surface area contributed by atoms with Crippen LogP contribution in [-0.2, 0) is 23.2 Å². The van der Waals surface area contributed by atoms with Crippen molar-refractivity contribution in [2.45, 2.75) is 71.6 Å². The van der Waals surface area contributed by atoms with Crippen LogP contribution in [0.1, 0.15) is 56.4 Å². The summed E-state index contributed by atoms with van der Waals surface area (Å²) in [7, 11) is 2.00. The molecular formula is C27H38Cl2F2N2O. The topological polar surface area (TPSA) is 24.5 Å². The highest BCUT2D eigenvalue weighted by Gasteiger charge is 2.56. The molecular weight excluding hydrogens is 477 g/mol. The minimum atomic E-state index is -0.550. The predicted molar refractivity (Wildman–Crippen MR) is 141 cm³/mol. The smallest absolute Gasteiger partial charge is 0.131 e. The third-order valence-corrected chi connectivity index (χ3v) is 8.40. The summed E-state index contributed by atoms with van der Waals surface area (Å²) in [4.78, 5) is 2.54. The molecule has 0 amide bonds. The lowest BCUT2D eigenvalue weighted by molar-refractivity contribution is -0.0653. The Bertz CT molecular complexity index is 996. The van der Waals surface area contributed by atoms with Crippen LogP contribution in [0.3, 0.4) is 0 Å². The summed E-state index contributed by atoms with van der Waals surface area (Å²) in [6, 6.07) is 8.76. The zero-order valence-electron chi connectivity index (χ0n) is 21.0. The van der Waals surface area contributed by atoms with E-state index < -0.39 is 11.6 Å². The first-order chi connectivity index (χ1) is 15.1. The van der Waals surface area contributed by atoms with Crippen molar-refractivity contribution in [3.05, 3.63) is 64.2 Å². The number of benzene rings is 2. The summed E-state index contributed by atoms with van der Waals surface area (Å²) >= 11 is 0. The van der Waals surface area contributed by atoms with Gasteiger partial charge in [-0.1, -0.05) is 32.9 Å².